The number of likely N-dealkylation sites (tertiary alicyclic amines) is 1. The maximum atomic E-state index is 14.3. The van der Waals surface area contributed by atoms with Crippen LogP contribution in [-0.2, 0) is 31.6 Å². The van der Waals surface area contributed by atoms with E-state index in [9.17, 15) is 24.0 Å². The lowest BCUT2D eigenvalue weighted by molar-refractivity contribution is -0.155. The summed E-state index contributed by atoms with van der Waals surface area (Å²) in [5, 5.41) is 6.18. The Bertz CT molecular complexity index is 1740. The van der Waals surface area contributed by atoms with Gasteiger partial charge in [0.1, 0.15) is 11.2 Å². The molecular weight excluding hydrogens is 632 g/mol. The number of hydrogen-bond acceptors (Lipinski definition) is 6. The van der Waals surface area contributed by atoms with Gasteiger partial charge in [-0.1, -0.05) is 61.0 Å². The van der Waals surface area contributed by atoms with Crippen molar-refractivity contribution in [3.63, 3.8) is 0 Å². The molecule has 2 atom stereocenters. The fourth-order valence-electron chi connectivity index (χ4n) is 7.30. The van der Waals surface area contributed by atoms with Crippen LogP contribution in [-0.4, -0.2) is 64.4 Å². The summed E-state index contributed by atoms with van der Waals surface area (Å²) in [7, 11) is 1.61. The first-order chi connectivity index (χ1) is 23.9. The number of carbonyl (C=O) groups is 4. The molecular formula is C40H50N4O6. The zero-order chi connectivity index (χ0) is 35.9. The second-order valence-electron chi connectivity index (χ2n) is 14.5. The normalized spacial score (nSPS) is 19.3. The Balaban J connectivity index is 1.24. The van der Waals surface area contributed by atoms with Crippen LogP contribution in [0.5, 0.6) is 0 Å². The number of amides is 3. The summed E-state index contributed by atoms with van der Waals surface area (Å²) in [4.78, 5) is 67.6. The highest BCUT2D eigenvalue weighted by Crippen LogP contribution is 2.48. The van der Waals surface area contributed by atoms with Crippen molar-refractivity contribution in [2.24, 2.45) is 7.05 Å². The van der Waals surface area contributed by atoms with Gasteiger partial charge in [-0.15, -0.1) is 0 Å². The van der Waals surface area contributed by atoms with E-state index in [0.29, 0.717) is 58.2 Å². The zero-order valence-corrected chi connectivity index (χ0v) is 29.7. The van der Waals surface area contributed by atoms with Gasteiger partial charge >= 0.3 is 5.97 Å². The Morgan fingerprint density at radius 2 is 1.58 bits per heavy atom. The lowest BCUT2D eigenvalue weighted by Gasteiger charge is -2.42. The Labute approximate surface area is 294 Å². The lowest BCUT2D eigenvalue weighted by Crippen LogP contribution is -2.51. The van der Waals surface area contributed by atoms with Crippen molar-refractivity contribution in [2.45, 2.75) is 95.1 Å². The van der Waals surface area contributed by atoms with Gasteiger partial charge in [0.05, 0.1) is 11.3 Å². The monoisotopic (exact) mass is 682 g/mol. The topological polar surface area (TPSA) is 127 Å². The number of pyridine rings is 1. The molecule has 3 aromatic rings. The van der Waals surface area contributed by atoms with E-state index in [1.54, 1.807) is 19.3 Å². The van der Waals surface area contributed by atoms with E-state index in [2.05, 4.69) is 10.6 Å². The average molecular weight is 683 g/mol. The summed E-state index contributed by atoms with van der Waals surface area (Å²) in [6, 6.07) is 20.7. The number of hydrogen-bond donors (Lipinski definition) is 2. The van der Waals surface area contributed by atoms with Crippen LogP contribution < -0.4 is 16.2 Å². The number of fused-ring (bicyclic) bond motifs is 1. The van der Waals surface area contributed by atoms with E-state index >= 15 is 0 Å². The molecule has 0 spiro atoms. The van der Waals surface area contributed by atoms with Crippen molar-refractivity contribution in [1.29, 1.82) is 0 Å². The smallest absolute Gasteiger partial charge is 0.306 e. The second-order valence-corrected chi connectivity index (χ2v) is 14.5. The minimum Gasteiger partial charge on any atom is -0.460 e. The number of nitrogens with zero attached hydrogens (tertiary/aromatic N) is 2. The molecule has 5 rings (SSSR count). The number of ether oxygens (including phenoxy) is 1. The van der Waals surface area contributed by atoms with Crippen LogP contribution >= 0.6 is 0 Å². The maximum absolute atomic E-state index is 14.3. The maximum Gasteiger partial charge on any atom is 0.306 e. The van der Waals surface area contributed by atoms with Crippen LogP contribution in [0.4, 0.5) is 0 Å². The molecule has 2 N–H and O–H groups in total. The van der Waals surface area contributed by atoms with Crippen LogP contribution in [0, 0.1) is 0 Å². The zero-order valence-electron chi connectivity index (χ0n) is 29.7. The largest absolute Gasteiger partial charge is 0.460 e. The van der Waals surface area contributed by atoms with Crippen molar-refractivity contribution in [3.05, 3.63) is 106 Å². The third kappa shape index (κ3) is 8.34. The van der Waals surface area contributed by atoms with Gasteiger partial charge in [-0.3, -0.25) is 24.0 Å². The summed E-state index contributed by atoms with van der Waals surface area (Å²) in [6.45, 7) is 7.04. The lowest BCUT2D eigenvalue weighted by atomic mass is 9.62. The van der Waals surface area contributed by atoms with Gasteiger partial charge in [-0.05, 0) is 88.1 Å². The van der Waals surface area contributed by atoms with Crippen LogP contribution in [0.3, 0.4) is 0 Å². The Morgan fingerprint density at radius 1 is 0.880 bits per heavy atom. The van der Waals surface area contributed by atoms with Crippen molar-refractivity contribution in [1.82, 2.24) is 20.1 Å². The van der Waals surface area contributed by atoms with E-state index in [1.165, 1.54) is 10.6 Å². The molecule has 2 aromatic carbocycles. The first kappa shape index (κ1) is 36.5. The molecule has 50 heavy (non-hydrogen) atoms. The van der Waals surface area contributed by atoms with E-state index < -0.39 is 16.9 Å². The highest BCUT2D eigenvalue weighted by atomic mass is 16.6. The quantitative estimate of drug-likeness (QED) is 0.217. The Morgan fingerprint density at radius 3 is 2.30 bits per heavy atom. The van der Waals surface area contributed by atoms with E-state index in [0.717, 1.165) is 29.5 Å². The number of aromatic nitrogens is 1. The van der Waals surface area contributed by atoms with Gasteiger partial charge < -0.3 is 24.8 Å². The van der Waals surface area contributed by atoms with Crippen molar-refractivity contribution < 1.29 is 23.9 Å². The third-order valence-corrected chi connectivity index (χ3v) is 9.83. The molecule has 10 heteroatoms. The SMILES string of the molecule is Cn1cccc(C(=O)NC2CCN(C(=O)[C@H]3CC[C@@](C(=O)NCCCCCC(=O)OC(C)(C)C)(c4ccccc4)c4ccccc43)CC2)c1=O. The number of carbonyl (C=O) groups excluding carboxylic acids is 4. The van der Waals surface area contributed by atoms with Gasteiger partial charge in [0.25, 0.3) is 11.5 Å². The number of aryl methyl sites for hydroxylation is 1. The predicted octanol–water partition coefficient (Wildman–Crippen LogP) is 4.99. The fourth-order valence-corrected chi connectivity index (χ4v) is 7.30. The minimum absolute atomic E-state index is 0.0335. The van der Waals surface area contributed by atoms with Crippen LogP contribution in [0.2, 0.25) is 0 Å². The van der Waals surface area contributed by atoms with Crippen LogP contribution in [0.1, 0.15) is 105 Å². The molecule has 0 bridgehead atoms. The molecule has 1 aromatic heterocycles. The van der Waals surface area contributed by atoms with Crippen LogP contribution in [0.15, 0.2) is 77.7 Å². The number of piperidine rings is 1. The second kappa shape index (κ2) is 15.9. The molecule has 1 fully saturated rings. The molecule has 0 saturated carbocycles. The summed E-state index contributed by atoms with van der Waals surface area (Å²) in [5.41, 5.74) is 0.932. The highest BCUT2D eigenvalue weighted by Gasteiger charge is 2.48. The standard InChI is InChI=1S/C40H50N4O6/c1-39(2,3)50-34(45)19-9-6-12-24-41-38(49)40(28-14-7-5-8-15-28)23-20-31(30-16-10-11-18-33(30)40)37(48)44-26-21-29(22-27-44)42-35(46)32-17-13-25-43(4)36(32)47/h5,7-8,10-11,13-18,25,29,31H,6,9,12,19-24,26-27H2,1-4H3,(H,41,49)(H,42,46)/t31-,40+/m0/s1. The van der Waals surface area contributed by atoms with Crippen molar-refractivity contribution in [2.75, 3.05) is 19.6 Å². The average Bonchev–Trinajstić information content (AvgIpc) is 3.10. The first-order valence-corrected chi connectivity index (χ1v) is 17.8. The summed E-state index contributed by atoms with van der Waals surface area (Å²) in [6.07, 6.45) is 6.36. The highest BCUT2D eigenvalue weighted by molar-refractivity contribution is 5.95. The molecule has 0 unspecified atom stereocenters. The molecule has 1 aliphatic carbocycles. The number of esters is 1. The number of rotatable bonds is 11. The Hall–Kier alpha value is -4.73. The van der Waals surface area contributed by atoms with Gasteiger partial charge in [-0.2, -0.15) is 0 Å². The minimum atomic E-state index is -0.948. The van der Waals surface area contributed by atoms with E-state index in [1.807, 2.05) is 80.3 Å². The summed E-state index contributed by atoms with van der Waals surface area (Å²) < 4.78 is 6.78. The fraction of sp³-hybridized carbons (Fsp3) is 0.475. The molecule has 3 amide bonds. The molecule has 2 heterocycles. The molecule has 266 valence electrons. The first-order valence-electron chi connectivity index (χ1n) is 17.8. The van der Waals surface area contributed by atoms with Gasteiger partial charge in [0.2, 0.25) is 11.8 Å². The Kier molecular flexibility index (Phi) is 11.6. The van der Waals surface area contributed by atoms with Crippen LogP contribution in [0.25, 0.3) is 0 Å². The van der Waals surface area contributed by atoms with E-state index in [4.69, 9.17) is 4.74 Å². The van der Waals surface area contributed by atoms with Gasteiger partial charge in [0.15, 0.2) is 0 Å². The molecule has 0 radical (unpaired) electrons. The van der Waals surface area contributed by atoms with Crippen molar-refractivity contribution >= 4 is 23.7 Å². The third-order valence-electron chi connectivity index (χ3n) is 9.83. The number of unbranched alkanes of at least 4 members (excludes halogenated alkanes) is 2. The molecule has 1 aliphatic heterocycles. The van der Waals surface area contributed by atoms with E-state index in [-0.39, 0.29) is 40.9 Å². The predicted molar refractivity (Wildman–Crippen MR) is 192 cm³/mol. The van der Waals surface area contributed by atoms with Gasteiger partial charge in [0, 0.05) is 45.3 Å². The molecule has 10 nitrogen and oxygen atoms in total. The number of nitrogens with one attached hydrogen (secondary N) is 2. The van der Waals surface area contributed by atoms with Gasteiger partial charge in [-0.25, -0.2) is 0 Å². The molecule has 1 saturated heterocycles. The summed E-state index contributed by atoms with van der Waals surface area (Å²) in [5.74, 6) is -1.04. The molecule has 2 aliphatic rings. The number of benzene rings is 2. The van der Waals surface area contributed by atoms with Crippen molar-refractivity contribution in [3.8, 4) is 0 Å². The summed E-state index contributed by atoms with van der Waals surface area (Å²) >= 11 is 0.